The van der Waals surface area contributed by atoms with Crippen LogP contribution in [-0.4, -0.2) is 50.1 Å². The first-order chi connectivity index (χ1) is 10.1. The molecule has 0 radical (unpaired) electrons. The second-order valence-corrected chi connectivity index (χ2v) is 6.90. The molecule has 0 aliphatic carbocycles. The number of hydrogen-bond acceptors (Lipinski definition) is 4. The van der Waals surface area contributed by atoms with Crippen molar-refractivity contribution in [1.82, 2.24) is 4.90 Å². The zero-order chi connectivity index (χ0) is 15.4. The van der Waals surface area contributed by atoms with Gasteiger partial charge in [0.05, 0.1) is 0 Å². The summed E-state index contributed by atoms with van der Waals surface area (Å²) in [6, 6.07) is 7.81. The van der Waals surface area contributed by atoms with Gasteiger partial charge < -0.3 is 10.6 Å². The fourth-order valence-electron chi connectivity index (χ4n) is 3.30. The first kappa shape index (κ1) is 16.7. The molecule has 0 spiro atoms. The molecule has 2 N–H and O–H groups in total. The zero-order valence-electron chi connectivity index (χ0n) is 13.8. The normalized spacial score (nSPS) is 17.1. The minimum Gasteiger partial charge on any atom is -0.374 e. The lowest BCUT2D eigenvalue weighted by Gasteiger charge is -2.34. The third kappa shape index (κ3) is 3.55. The molecule has 0 amide bonds. The maximum Gasteiger partial charge on any atom is 0.0470 e. The number of thioether (sulfide) groups is 1. The summed E-state index contributed by atoms with van der Waals surface area (Å²) in [7, 11) is 4.39. The van der Waals surface area contributed by atoms with Crippen molar-refractivity contribution in [1.29, 1.82) is 0 Å². The van der Waals surface area contributed by atoms with E-state index in [-0.39, 0.29) is 0 Å². The van der Waals surface area contributed by atoms with Crippen LogP contribution in [0.1, 0.15) is 30.5 Å². The Morgan fingerprint density at radius 3 is 2.81 bits per heavy atom. The summed E-state index contributed by atoms with van der Waals surface area (Å²) in [5, 5.41) is 0. The molecule has 0 bridgehead atoms. The molecule has 3 nitrogen and oxygen atoms in total. The molecule has 2 atom stereocenters. The van der Waals surface area contributed by atoms with Gasteiger partial charge in [-0.1, -0.05) is 19.1 Å². The second-order valence-electron chi connectivity index (χ2n) is 5.99. The maximum absolute atomic E-state index is 6.11. The Hall–Kier alpha value is -0.710. The lowest BCUT2D eigenvalue weighted by Crippen LogP contribution is -2.39. The average Bonchev–Trinajstić information content (AvgIpc) is 2.86. The first-order valence-electron chi connectivity index (χ1n) is 7.87. The molecule has 2 rings (SSSR count). The molecule has 0 saturated carbocycles. The zero-order valence-corrected chi connectivity index (χ0v) is 14.6. The van der Waals surface area contributed by atoms with Crippen molar-refractivity contribution in [3.8, 4) is 0 Å². The third-order valence-corrected chi connectivity index (χ3v) is 5.46. The summed E-state index contributed by atoms with van der Waals surface area (Å²) in [6.45, 7) is 4.07. The second kappa shape index (κ2) is 7.52. The number of nitrogens with zero attached hydrogens (tertiary/aromatic N) is 2. The molecular weight excluding hydrogens is 278 g/mol. The van der Waals surface area contributed by atoms with Crippen LogP contribution in [0, 0.1) is 0 Å². The predicted octanol–water partition coefficient (Wildman–Crippen LogP) is 2.75. The van der Waals surface area contributed by atoms with E-state index in [0.29, 0.717) is 18.6 Å². The summed E-state index contributed by atoms with van der Waals surface area (Å²) < 4.78 is 0. The molecule has 1 aliphatic rings. The van der Waals surface area contributed by atoms with Crippen LogP contribution in [0.15, 0.2) is 18.2 Å². The predicted molar refractivity (Wildman–Crippen MR) is 95.4 cm³/mol. The van der Waals surface area contributed by atoms with Crippen molar-refractivity contribution in [3.63, 3.8) is 0 Å². The fraction of sp³-hybridized carbons (Fsp3) is 0.647. The lowest BCUT2D eigenvalue weighted by atomic mass is 10.00. The highest BCUT2D eigenvalue weighted by Crippen LogP contribution is 2.31. The van der Waals surface area contributed by atoms with Crippen molar-refractivity contribution < 1.29 is 0 Å². The van der Waals surface area contributed by atoms with Gasteiger partial charge in [0.1, 0.15) is 0 Å². The molecule has 1 aliphatic heterocycles. The van der Waals surface area contributed by atoms with Gasteiger partial charge in [0.15, 0.2) is 0 Å². The van der Waals surface area contributed by atoms with Crippen LogP contribution < -0.4 is 10.6 Å². The van der Waals surface area contributed by atoms with Crippen molar-refractivity contribution in [2.24, 2.45) is 5.73 Å². The Kier molecular flexibility index (Phi) is 5.97. The van der Waals surface area contributed by atoms with E-state index in [0.717, 1.165) is 18.7 Å². The number of fused-ring (bicyclic) bond motifs is 1. The van der Waals surface area contributed by atoms with E-state index in [2.05, 4.69) is 55.3 Å². The van der Waals surface area contributed by atoms with E-state index in [1.807, 2.05) is 11.8 Å². The molecule has 118 valence electrons. The van der Waals surface area contributed by atoms with Crippen LogP contribution in [0.25, 0.3) is 0 Å². The van der Waals surface area contributed by atoms with Crippen molar-refractivity contribution in [2.45, 2.75) is 31.8 Å². The van der Waals surface area contributed by atoms with Crippen LogP contribution in [0.3, 0.4) is 0 Å². The summed E-state index contributed by atoms with van der Waals surface area (Å²) in [5.74, 6) is 1.16. The van der Waals surface area contributed by atoms with Gasteiger partial charge in [-0.05, 0) is 43.3 Å². The van der Waals surface area contributed by atoms with Gasteiger partial charge in [-0.15, -0.1) is 0 Å². The number of rotatable bonds is 7. The van der Waals surface area contributed by atoms with Crippen LogP contribution in [0.4, 0.5) is 5.69 Å². The molecule has 4 heteroatoms. The molecular formula is C17H29N3S. The third-order valence-electron chi connectivity index (χ3n) is 4.74. The smallest absolute Gasteiger partial charge is 0.0470 e. The minimum atomic E-state index is 0.318. The van der Waals surface area contributed by atoms with E-state index < -0.39 is 0 Å². The topological polar surface area (TPSA) is 32.5 Å². The fourth-order valence-corrected chi connectivity index (χ4v) is 4.16. The van der Waals surface area contributed by atoms with Gasteiger partial charge in [-0.2, -0.15) is 11.8 Å². The van der Waals surface area contributed by atoms with Crippen LogP contribution in [0.2, 0.25) is 0 Å². The number of nitrogens with two attached hydrogens (primary N) is 1. The van der Waals surface area contributed by atoms with Crippen LogP contribution in [0.5, 0.6) is 0 Å². The average molecular weight is 308 g/mol. The van der Waals surface area contributed by atoms with Crippen LogP contribution >= 0.6 is 11.8 Å². The largest absolute Gasteiger partial charge is 0.374 e. The highest BCUT2D eigenvalue weighted by atomic mass is 32.2. The van der Waals surface area contributed by atoms with E-state index >= 15 is 0 Å². The van der Waals surface area contributed by atoms with Crippen molar-refractivity contribution >= 4 is 17.4 Å². The standard InChI is InChI=1S/C17H29N3S/c1-5-15(12-21-4)20(3)17(11-18)13-6-7-16-14(10-13)8-9-19(16)2/h6-7,10,15,17H,5,8-9,11-12,18H2,1-4H3. The summed E-state index contributed by atoms with van der Waals surface area (Å²) in [6.07, 6.45) is 4.50. The molecule has 0 saturated heterocycles. The number of anilines is 1. The summed E-state index contributed by atoms with van der Waals surface area (Å²) in [4.78, 5) is 4.81. The Bertz CT molecular complexity index is 463. The highest BCUT2D eigenvalue weighted by Gasteiger charge is 2.24. The van der Waals surface area contributed by atoms with E-state index in [1.54, 1.807) is 0 Å². The minimum absolute atomic E-state index is 0.318. The van der Waals surface area contributed by atoms with Gasteiger partial charge in [0.25, 0.3) is 0 Å². The van der Waals surface area contributed by atoms with E-state index in [1.165, 1.54) is 23.2 Å². The molecule has 1 heterocycles. The SMILES string of the molecule is CCC(CSC)N(C)C(CN)c1ccc2c(c1)CCN2C. The van der Waals surface area contributed by atoms with Crippen LogP contribution in [-0.2, 0) is 6.42 Å². The summed E-state index contributed by atoms with van der Waals surface area (Å²) in [5.41, 5.74) is 10.3. The molecule has 2 unspecified atom stereocenters. The molecule has 0 fully saturated rings. The van der Waals surface area contributed by atoms with Crippen molar-refractivity contribution in [2.75, 3.05) is 44.1 Å². The molecule has 0 aromatic heterocycles. The maximum atomic E-state index is 6.11. The quantitative estimate of drug-likeness (QED) is 0.839. The van der Waals surface area contributed by atoms with Gasteiger partial charge in [-0.25, -0.2) is 0 Å². The Morgan fingerprint density at radius 2 is 2.19 bits per heavy atom. The first-order valence-corrected chi connectivity index (χ1v) is 9.26. The Labute approximate surface area is 133 Å². The lowest BCUT2D eigenvalue weighted by molar-refractivity contribution is 0.188. The number of hydrogen-bond donors (Lipinski definition) is 1. The monoisotopic (exact) mass is 307 g/mol. The molecule has 1 aromatic rings. The van der Waals surface area contributed by atoms with Gasteiger partial charge in [0, 0.05) is 43.7 Å². The van der Waals surface area contributed by atoms with Gasteiger partial charge >= 0.3 is 0 Å². The van der Waals surface area contributed by atoms with E-state index in [9.17, 15) is 0 Å². The Morgan fingerprint density at radius 1 is 1.43 bits per heavy atom. The van der Waals surface area contributed by atoms with Gasteiger partial charge in [-0.3, -0.25) is 4.90 Å². The highest BCUT2D eigenvalue weighted by molar-refractivity contribution is 7.98. The van der Waals surface area contributed by atoms with Crippen molar-refractivity contribution in [3.05, 3.63) is 29.3 Å². The Balaban J connectivity index is 2.21. The molecule has 1 aromatic carbocycles. The molecule has 21 heavy (non-hydrogen) atoms. The number of likely N-dealkylation sites (N-methyl/N-ethyl adjacent to an activating group) is 2. The summed E-state index contributed by atoms with van der Waals surface area (Å²) >= 11 is 1.92. The van der Waals surface area contributed by atoms with Gasteiger partial charge in [0.2, 0.25) is 0 Å². The number of benzene rings is 1. The van der Waals surface area contributed by atoms with E-state index in [4.69, 9.17) is 5.73 Å².